The van der Waals surface area contributed by atoms with Crippen LogP contribution in [0.15, 0.2) is 185 Å². The molecule has 0 N–H and O–H groups in total. The molecule has 0 unspecified atom stereocenters. The molecular formula is C46H29NO2. The highest BCUT2D eigenvalue weighted by Gasteiger charge is 2.23. The number of hydrogen-bond acceptors (Lipinski definition) is 3. The second kappa shape index (κ2) is 11.0. The standard InChI is InChI=1S/C46H29NO2/c1-3-11-30(12-4-1)32-19-23-34(24-20-32)47(35-25-21-33(22-26-35)31-13-5-2-6-14-31)39-29-43-44(37-16-8-7-15-36(37)39)46-42(49-43)28-27-41-45(46)38-17-9-10-18-40(38)48-41/h1-29H. The van der Waals surface area contributed by atoms with Gasteiger partial charge in [-0.25, -0.2) is 0 Å². The van der Waals surface area contributed by atoms with Gasteiger partial charge in [0.1, 0.15) is 22.3 Å². The van der Waals surface area contributed by atoms with Crippen molar-refractivity contribution >= 4 is 71.7 Å². The molecule has 0 aliphatic rings. The summed E-state index contributed by atoms with van der Waals surface area (Å²) in [6.45, 7) is 0. The summed E-state index contributed by atoms with van der Waals surface area (Å²) in [6, 6.07) is 61.9. The first-order valence-corrected chi connectivity index (χ1v) is 16.6. The molecule has 0 saturated carbocycles. The lowest BCUT2D eigenvalue weighted by molar-refractivity contribution is 0.663. The summed E-state index contributed by atoms with van der Waals surface area (Å²) >= 11 is 0. The normalized spacial score (nSPS) is 11.7. The zero-order valence-corrected chi connectivity index (χ0v) is 26.5. The van der Waals surface area contributed by atoms with Crippen LogP contribution in [0.4, 0.5) is 17.1 Å². The Morgan fingerprint density at radius 3 is 1.37 bits per heavy atom. The molecule has 230 valence electrons. The summed E-state index contributed by atoms with van der Waals surface area (Å²) in [4.78, 5) is 2.35. The smallest absolute Gasteiger partial charge is 0.138 e. The summed E-state index contributed by atoms with van der Waals surface area (Å²) < 4.78 is 13.0. The summed E-state index contributed by atoms with van der Waals surface area (Å²) in [5, 5.41) is 6.66. The second-order valence-corrected chi connectivity index (χ2v) is 12.5. The lowest BCUT2D eigenvalue weighted by Crippen LogP contribution is -2.10. The van der Waals surface area contributed by atoms with Gasteiger partial charge in [0.15, 0.2) is 0 Å². The zero-order chi connectivity index (χ0) is 32.3. The van der Waals surface area contributed by atoms with E-state index in [0.717, 1.165) is 71.7 Å². The van der Waals surface area contributed by atoms with Gasteiger partial charge in [0.05, 0.1) is 5.69 Å². The predicted octanol–water partition coefficient (Wildman–Crippen LogP) is 13.4. The van der Waals surface area contributed by atoms with E-state index in [1.54, 1.807) is 0 Å². The van der Waals surface area contributed by atoms with Crippen molar-refractivity contribution in [2.24, 2.45) is 0 Å². The average molecular weight is 628 g/mol. The predicted molar refractivity (Wildman–Crippen MR) is 204 cm³/mol. The van der Waals surface area contributed by atoms with E-state index in [0.29, 0.717) is 0 Å². The molecule has 8 aromatic carbocycles. The summed E-state index contributed by atoms with van der Waals surface area (Å²) in [7, 11) is 0. The largest absolute Gasteiger partial charge is 0.456 e. The van der Waals surface area contributed by atoms with Gasteiger partial charge in [-0.05, 0) is 70.1 Å². The van der Waals surface area contributed by atoms with Crippen LogP contribution in [0, 0.1) is 0 Å². The number of nitrogens with zero attached hydrogens (tertiary/aromatic N) is 1. The van der Waals surface area contributed by atoms with Crippen LogP contribution in [0.5, 0.6) is 0 Å². The number of para-hydroxylation sites is 1. The third-order valence-electron chi connectivity index (χ3n) is 9.67. The van der Waals surface area contributed by atoms with Crippen molar-refractivity contribution in [1.82, 2.24) is 0 Å². The van der Waals surface area contributed by atoms with Gasteiger partial charge in [-0.2, -0.15) is 0 Å². The molecule has 0 saturated heterocycles. The Balaban J connectivity index is 1.23. The Morgan fingerprint density at radius 1 is 0.306 bits per heavy atom. The monoisotopic (exact) mass is 627 g/mol. The minimum absolute atomic E-state index is 0.841. The molecule has 49 heavy (non-hydrogen) atoms. The van der Waals surface area contributed by atoms with Gasteiger partial charge < -0.3 is 13.7 Å². The van der Waals surface area contributed by atoms with Gasteiger partial charge in [-0.3, -0.25) is 0 Å². The van der Waals surface area contributed by atoms with Crippen molar-refractivity contribution in [2.75, 3.05) is 4.90 Å². The molecule has 0 aliphatic heterocycles. The van der Waals surface area contributed by atoms with Crippen molar-refractivity contribution < 1.29 is 8.83 Å². The molecule has 10 rings (SSSR count). The molecule has 0 spiro atoms. The van der Waals surface area contributed by atoms with E-state index < -0.39 is 0 Å². The quantitative estimate of drug-likeness (QED) is 0.190. The van der Waals surface area contributed by atoms with Crippen molar-refractivity contribution in [3.05, 3.63) is 176 Å². The van der Waals surface area contributed by atoms with Gasteiger partial charge in [-0.1, -0.05) is 127 Å². The minimum Gasteiger partial charge on any atom is -0.456 e. The summed E-state index contributed by atoms with van der Waals surface area (Å²) in [6.07, 6.45) is 0. The Morgan fingerprint density at radius 2 is 0.755 bits per heavy atom. The highest BCUT2D eigenvalue weighted by atomic mass is 16.3. The highest BCUT2D eigenvalue weighted by molar-refractivity contribution is 6.32. The number of anilines is 3. The fourth-order valence-electron chi connectivity index (χ4n) is 7.40. The number of benzene rings is 8. The number of hydrogen-bond donors (Lipinski definition) is 0. The molecule has 3 heteroatoms. The molecule has 0 aliphatic carbocycles. The van der Waals surface area contributed by atoms with Gasteiger partial charge in [-0.15, -0.1) is 0 Å². The fraction of sp³-hybridized carbons (Fsp3) is 0. The third kappa shape index (κ3) is 4.44. The molecule has 0 amide bonds. The number of rotatable bonds is 5. The first-order chi connectivity index (χ1) is 24.3. The van der Waals surface area contributed by atoms with Gasteiger partial charge in [0, 0.05) is 44.4 Å². The highest BCUT2D eigenvalue weighted by Crippen LogP contribution is 2.47. The number of furan rings is 2. The van der Waals surface area contributed by atoms with Crippen LogP contribution in [0.3, 0.4) is 0 Å². The van der Waals surface area contributed by atoms with E-state index in [-0.39, 0.29) is 0 Å². The van der Waals surface area contributed by atoms with Gasteiger partial charge in [0.2, 0.25) is 0 Å². The lowest BCUT2D eigenvalue weighted by Gasteiger charge is -2.27. The van der Waals surface area contributed by atoms with E-state index in [2.05, 4.69) is 157 Å². The third-order valence-corrected chi connectivity index (χ3v) is 9.67. The molecule has 0 bridgehead atoms. The first kappa shape index (κ1) is 27.5. The van der Waals surface area contributed by atoms with E-state index in [1.807, 2.05) is 24.3 Å². The van der Waals surface area contributed by atoms with Crippen LogP contribution in [-0.4, -0.2) is 0 Å². The Labute approximate surface area is 282 Å². The average Bonchev–Trinajstić information content (AvgIpc) is 3.74. The fourth-order valence-corrected chi connectivity index (χ4v) is 7.40. The SMILES string of the molecule is c1ccc(-c2ccc(N(c3ccc(-c4ccccc4)cc3)c3cc4oc5ccc6oc7ccccc7c6c5c4c4ccccc34)cc2)cc1. The van der Waals surface area contributed by atoms with Crippen molar-refractivity contribution in [2.45, 2.75) is 0 Å². The molecule has 0 atom stereocenters. The van der Waals surface area contributed by atoms with Crippen molar-refractivity contribution in [3.8, 4) is 22.3 Å². The molecule has 2 heterocycles. The van der Waals surface area contributed by atoms with Crippen LogP contribution in [-0.2, 0) is 0 Å². The topological polar surface area (TPSA) is 29.5 Å². The molecule has 10 aromatic rings. The zero-order valence-electron chi connectivity index (χ0n) is 26.5. The Kier molecular flexibility index (Phi) is 6.18. The van der Waals surface area contributed by atoms with E-state index in [1.165, 1.54) is 22.3 Å². The maximum atomic E-state index is 6.74. The Bertz CT molecular complexity index is 2710. The van der Waals surface area contributed by atoms with E-state index >= 15 is 0 Å². The molecule has 0 fully saturated rings. The van der Waals surface area contributed by atoms with Crippen molar-refractivity contribution in [1.29, 1.82) is 0 Å². The lowest BCUT2D eigenvalue weighted by atomic mass is 9.98. The van der Waals surface area contributed by atoms with Crippen LogP contribution < -0.4 is 4.90 Å². The first-order valence-electron chi connectivity index (χ1n) is 16.6. The van der Waals surface area contributed by atoms with E-state index in [4.69, 9.17) is 8.83 Å². The molecular weight excluding hydrogens is 599 g/mol. The van der Waals surface area contributed by atoms with Gasteiger partial charge in [0.25, 0.3) is 0 Å². The molecule has 2 aromatic heterocycles. The molecule has 0 radical (unpaired) electrons. The van der Waals surface area contributed by atoms with E-state index in [9.17, 15) is 0 Å². The Hall–Kier alpha value is -6.58. The van der Waals surface area contributed by atoms with Crippen LogP contribution in [0.2, 0.25) is 0 Å². The summed E-state index contributed by atoms with van der Waals surface area (Å²) in [5.74, 6) is 0. The number of fused-ring (bicyclic) bond motifs is 9. The van der Waals surface area contributed by atoms with Crippen molar-refractivity contribution in [3.63, 3.8) is 0 Å². The van der Waals surface area contributed by atoms with Crippen LogP contribution in [0.25, 0.3) is 76.9 Å². The maximum Gasteiger partial charge on any atom is 0.138 e. The van der Waals surface area contributed by atoms with Crippen LogP contribution in [0.1, 0.15) is 0 Å². The second-order valence-electron chi connectivity index (χ2n) is 12.5. The minimum atomic E-state index is 0.841. The van der Waals surface area contributed by atoms with Gasteiger partial charge >= 0.3 is 0 Å². The maximum absolute atomic E-state index is 6.74. The summed E-state index contributed by atoms with van der Waals surface area (Å²) in [5.41, 5.74) is 11.4. The molecule has 3 nitrogen and oxygen atoms in total. The van der Waals surface area contributed by atoms with Crippen LogP contribution >= 0.6 is 0 Å².